The summed E-state index contributed by atoms with van der Waals surface area (Å²) < 4.78 is 0. The lowest BCUT2D eigenvalue weighted by molar-refractivity contribution is 0.0166. The van der Waals surface area contributed by atoms with E-state index in [4.69, 9.17) is 0 Å². The average molecular weight is 222 g/mol. The van der Waals surface area contributed by atoms with E-state index >= 15 is 0 Å². The molecule has 1 nitrogen and oxygen atoms in total. The van der Waals surface area contributed by atoms with Gasteiger partial charge in [-0.15, -0.1) is 6.58 Å². The van der Waals surface area contributed by atoms with Crippen LogP contribution in [0.2, 0.25) is 0 Å². The predicted molar refractivity (Wildman–Crippen MR) is 70.3 cm³/mol. The fraction of sp³-hybridized carbons (Fsp3) is 0.733. The lowest BCUT2D eigenvalue weighted by atomic mass is 9.70. The van der Waals surface area contributed by atoms with E-state index in [0.717, 1.165) is 19.3 Å². The quantitative estimate of drug-likeness (QED) is 0.713. The van der Waals surface area contributed by atoms with E-state index in [-0.39, 0.29) is 5.92 Å². The first-order valence-electron chi connectivity index (χ1n) is 6.48. The van der Waals surface area contributed by atoms with Crippen molar-refractivity contribution in [2.24, 2.45) is 11.8 Å². The fourth-order valence-electron chi connectivity index (χ4n) is 2.65. The van der Waals surface area contributed by atoms with Crippen molar-refractivity contribution in [1.82, 2.24) is 0 Å². The Morgan fingerprint density at radius 3 is 2.50 bits per heavy atom. The molecule has 0 aromatic carbocycles. The second kappa shape index (κ2) is 5.18. The minimum absolute atomic E-state index is 0.150. The monoisotopic (exact) mass is 222 g/mol. The summed E-state index contributed by atoms with van der Waals surface area (Å²) in [4.78, 5) is 0. The van der Waals surface area contributed by atoms with Gasteiger partial charge in [0.15, 0.2) is 0 Å². The Bertz CT molecular complexity index is 288. The van der Waals surface area contributed by atoms with Gasteiger partial charge in [0.05, 0.1) is 5.60 Å². The van der Waals surface area contributed by atoms with Gasteiger partial charge in [-0.1, -0.05) is 32.4 Å². The molecule has 1 N–H and O–H groups in total. The summed E-state index contributed by atoms with van der Waals surface area (Å²) in [5.74, 6) is 0.674. The highest BCUT2D eigenvalue weighted by Gasteiger charge is 2.38. The Morgan fingerprint density at radius 2 is 2.00 bits per heavy atom. The normalized spacial score (nSPS) is 31.4. The van der Waals surface area contributed by atoms with Crippen molar-refractivity contribution < 1.29 is 5.11 Å². The van der Waals surface area contributed by atoms with Crippen molar-refractivity contribution in [2.45, 2.75) is 59.0 Å². The molecule has 0 unspecified atom stereocenters. The van der Waals surface area contributed by atoms with Gasteiger partial charge in [0.25, 0.3) is 0 Å². The lowest BCUT2D eigenvalue weighted by Gasteiger charge is -2.40. The van der Waals surface area contributed by atoms with E-state index < -0.39 is 5.60 Å². The fourth-order valence-corrected chi connectivity index (χ4v) is 2.65. The molecule has 92 valence electrons. The predicted octanol–water partition coefficient (Wildman–Crippen LogP) is 4.09. The standard InChI is InChI=1S/C15H26O/c1-6-12(4)15(16)10-8-7-9-14(15)13(5)11(2)3/h6,11-12,16H,1,7-10H2,2-5H3/b14-13-/t12-,15+/m1/s1. The molecule has 1 heteroatoms. The molecule has 0 radical (unpaired) electrons. The van der Waals surface area contributed by atoms with E-state index in [0.29, 0.717) is 5.92 Å². The first kappa shape index (κ1) is 13.5. The Hall–Kier alpha value is -0.560. The van der Waals surface area contributed by atoms with E-state index in [1.54, 1.807) is 0 Å². The third-order valence-electron chi connectivity index (χ3n) is 4.21. The zero-order valence-corrected chi connectivity index (χ0v) is 11.2. The van der Waals surface area contributed by atoms with Crippen molar-refractivity contribution in [1.29, 1.82) is 0 Å². The second-order valence-electron chi connectivity index (χ2n) is 5.47. The Labute approximate surface area is 100 Å². The van der Waals surface area contributed by atoms with Gasteiger partial charge in [-0.3, -0.25) is 0 Å². The largest absolute Gasteiger partial charge is 0.385 e. The van der Waals surface area contributed by atoms with Gasteiger partial charge in [0.1, 0.15) is 0 Å². The summed E-state index contributed by atoms with van der Waals surface area (Å²) in [6, 6.07) is 0. The maximum Gasteiger partial charge on any atom is 0.0918 e. The van der Waals surface area contributed by atoms with Gasteiger partial charge in [-0.25, -0.2) is 0 Å². The molecule has 0 amide bonds. The topological polar surface area (TPSA) is 20.2 Å². The SMILES string of the molecule is C=C[C@@H](C)[C@@]1(O)CCCC/C1=C(\C)C(C)C. The first-order valence-corrected chi connectivity index (χ1v) is 6.48. The maximum absolute atomic E-state index is 10.9. The Kier molecular flexibility index (Phi) is 4.37. The van der Waals surface area contributed by atoms with Crippen molar-refractivity contribution in [3.8, 4) is 0 Å². The number of allylic oxidation sites excluding steroid dienone is 1. The molecular weight excluding hydrogens is 196 g/mol. The summed E-state index contributed by atoms with van der Waals surface area (Å²) >= 11 is 0. The molecule has 2 atom stereocenters. The van der Waals surface area contributed by atoms with E-state index in [1.807, 2.05) is 6.08 Å². The van der Waals surface area contributed by atoms with Crippen LogP contribution in [-0.2, 0) is 0 Å². The van der Waals surface area contributed by atoms with Crippen LogP contribution in [0.4, 0.5) is 0 Å². The highest BCUT2D eigenvalue weighted by atomic mass is 16.3. The van der Waals surface area contributed by atoms with Crippen molar-refractivity contribution in [2.75, 3.05) is 0 Å². The van der Waals surface area contributed by atoms with Crippen LogP contribution in [0.1, 0.15) is 53.4 Å². The zero-order valence-electron chi connectivity index (χ0n) is 11.2. The van der Waals surface area contributed by atoms with E-state index in [2.05, 4.69) is 34.3 Å². The van der Waals surface area contributed by atoms with Crippen LogP contribution in [0.15, 0.2) is 23.8 Å². The van der Waals surface area contributed by atoms with Crippen LogP contribution in [0.25, 0.3) is 0 Å². The number of aliphatic hydroxyl groups is 1. The van der Waals surface area contributed by atoms with Crippen LogP contribution in [0, 0.1) is 11.8 Å². The Morgan fingerprint density at radius 1 is 1.38 bits per heavy atom. The smallest absolute Gasteiger partial charge is 0.0918 e. The third-order valence-corrected chi connectivity index (χ3v) is 4.21. The lowest BCUT2D eigenvalue weighted by Crippen LogP contribution is -2.41. The van der Waals surface area contributed by atoms with Crippen molar-refractivity contribution in [3.05, 3.63) is 23.8 Å². The van der Waals surface area contributed by atoms with E-state index in [1.165, 1.54) is 17.6 Å². The van der Waals surface area contributed by atoms with Gasteiger partial charge >= 0.3 is 0 Å². The molecular formula is C15H26O. The van der Waals surface area contributed by atoms with Crippen LogP contribution in [0.3, 0.4) is 0 Å². The van der Waals surface area contributed by atoms with E-state index in [9.17, 15) is 5.11 Å². The van der Waals surface area contributed by atoms with Gasteiger partial charge in [-0.2, -0.15) is 0 Å². The number of rotatable bonds is 3. The highest BCUT2D eigenvalue weighted by Crippen LogP contribution is 2.41. The molecule has 1 aliphatic carbocycles. The minimum Gasteiger partial charge on any atom is -0.385 e. The van der Waals surface area contributed by atoms with Crippen LogP contribution < -0.4 is 0 Å². The summed E-state index contributed by atoms with van der Waals surface area (Å²) in [5.41, 5.74) is 2.02. The minimum atomic E-state index is -0.631. The van der Waals surface area contributed by atoms with Crippen LogP contribution >= 0.6 is 0 Å². The van der Waals surface area contributed by atoms with Crippen LogP contribution in [0.5, 0.6) is 0 Å². The molecule has 0 heterocycles. The third kappa shape index (κ3) is 2.40. The summed E-state index contributed by atoms with van der Waals surface area (Å²) in [5, 5.41) is 10.9. The first-order chi connectivity index (χ1) is 7.43. The molecule has 1 fully saturated rings. The summed E-state index contributed by atoms with van der Waals surface area (Å²) in [6.45, 7) is 12.5. The van der Waals surface area contributed by atoms with Crippen LogP contribution in [-0.4, -0.2) is 10.7 Å². The summed E-state index contributed by atoms with van der Waals surface area (Å²) in [6.07, 6.45) is 6.17. The van der Waals surface area contributed by atoms with Gasteiger partial charge in [0.2, 0.25) is 0 Å². The Balaban J connectivity index is 3.13. The summed E-state index contributed by atoms with van der Waals surface area (Å²) in [7, 11) is 0. The highest BCUT2D eigenvalue weighted by molar-refractivity contribution is 5.28. The molecule has 0 aliphatic heterocycles. The molecule has 0 spiro atoms. The number of hydrogen-bond acceptors (Lipinski definition) is 1. The molecule has 0 bridgehead atoms. The molecule has 0 aromatic rings. The zero-order chi connectivity index (χ0) is 12.3. The molecule has 0 saturated heterocycles. The van der Waals surface area contributed by atoms with Gasteiger partial charge in [0, 0.05) is 5.92 Å². The molecule has 0 aromatic heterocycles. The van der Waals surface area contributed by atoms with Crippen molar-refractivity contribution >= 4 is 0 Å². The molecule has 1 saturated carbocycles. The molecule has 1 rings (SSSR count). The molecule has 16 heavy (non-hydrogen) atoms. The average Bonchev–Trinajstić information content (AvgIpc) is 2.27. The second-order valence-corrected chi connectivity index (χ2v) is 5.47. The van der Waals surface area contributed by atoms with Gasteiger partial charge in [-0.05, 0) is 44.1 Å². The van der Waals surface area contributed by atoms with Gasteiger partial charge < -0.3 is 5.11 Å². The molecule has 1 aliphatic rings. The van der Waals surface area contributed by atoms with Crippen molar-refractivity contribution in [3.63, 3.8) is 0 Å². The number of hydrogen-bond donors (Lipinski definition) is 1. The maximum atomic E-state index is 10.9.